The standard InChI is InChI=1S/C23H25N5/c1-2-13-24-22-18-21(19-9-5-3-6-10-19)25-23(26-22)28-16-14-27(15-17-28)20-11-7-4-8-12-20/h2-12,18H,1,13-17H2,(H,24,25,26). The fourth-order valence-corrected chi connectivity index (χ4v) is 3.40. The van der Waals surface area contributed by atoms with Gasteiger partial charge in [0.05, 0.1) is 5.69 Å². The van der Waals surface area contributed by atoms with Crippen LogP contribution in [-0.4, -0.2) is 42.7 Å². The minimum absolute atomic E-state index is 0.673. The Hall–Kier alpha value is -3.34. The Bertz CT molecular complexity index is 903. The molecule has 1 aromatic heterocycles. The molecule has 1 aliphatic heterocycles. The summed E-state index contributed by atoms with van der Waals surface area (Å²) in [6.45, 7) is 8.16. The minimum atomic E-state index is 0.673. The number of nitrogens with zero attached hydrogens (tertiary/aromatic N) is 4. The number of piperazine rings is 1. The quantitative estimate of drug-likeness (QED) is 0.662. The lowest BCUT2D eigenvalue weighted by Gasteiger charge is -2.36. The van der Waals surface area contributed by atoms with Gasteiger partial charge in [-0.25, -0.2) is 4.98 Å². The number of para-hydroxylation sites is 1. The number of nitrogens with one attached hydrogen (secondary N) is 1. The summed E-state index contributed by atoms with van der Waals surface area (Å²) in [7, 11) is 0. The van der Waals surface area contributed by atoms with Crippen molar-refractivity contribution < 1.29 is 0 Å². The zero-order chi connectivity index (χ0) is 19.2. The van der Waals surface area contributed by atoms with E-state index in [4.69, 9.17) is 9.97 Å². The van der Waals surface area contributed by atoms with Gasteiger partial charge < -0.3 is 15.1 Å². The molecule has 3 aromatic rings. The molecule has 28 heavy (non-hydrogen) atoms. The third-order valence-electron chi connectivity index (χ3n) is 4.90. The summed E-state index contributed by atoms with van der Waals surface area (Å²) in [6, 6.07) is 22.8. The number of rotatable bonds is 6. The van der Waals surface area contributed by atoms with Crippen molar-refractivity contribution in [3.63, 3.8) is 0 Å². The molecule has 0 bridgehead atoms. The molecule has 1 aliphatic rings. The molecule has 2 heterocycles. The van der Waals surface area contributed by atoms with Crippen molar-refractivity contribution in [2.45, 2.75) is 0 Å². The van der Waals surface area contributed by atoms with Crippen molar-refractivity contribution in [1.29, 1.82) is 0 Å². The van der Waals surface area contributed by atoms with E-state index >= 15 is 0 Å². The normalized spacial score (nSPS) is 14.0. The molecule has 1 saturated heterocycles. The van der Waals surface area contributed by atoms with Gasteiger partial charge >= 0.3 is 0 Å². The van der Waals surface area contributed by atoms with E-state index in [1.54, 1.807) is 0 Å². The van der Waals surface area contributed by atoms with Crippen molar-refractivity contribution in [2.75, 3.05) is 47.8 Å². The molecule has 0 spiro atoms. The van der Waals surface area contributed by atoms with E-state index < -0.39 is 0 Å². The molecule has 5 nitrogen and oxygen atoms in total. The maximum absolute atomic E-state index is 4.86. The van der Waals surface area contributed by atoms with E-state index in [1.807, 2.05) is 30.3 Å². The molecule has 5 heteroatoms. The Morgan fingerprint density at radius 3 is 2.18 bits per heavy atom. The van der Waals surface area contributed by atoms with E-state index in [0.29, 0.717) is 6.54 Å². The van der Waals surface area contributed by atoms with E-state index in [0.717, 1.165) is 49.2 Å². The van der Waals surface area contributed by atoms with Gasteiger partial charge in [-0.1, -0.05) is 54.6 Å². The SMILES string of the molecule is C=CCNc1cc(-c2ccccc2)nc(N2CCN(c3ccccc3)CC2)n1. The van der Waals surface area contributed by atoms with Gasteiger partial charge in [-0.2, -0.15) is 4.98 Å². The molecule has 0 saturated carbocycles. The zero-order valence-electron chi connectivity index (χ0n) is 16.0. The molecule has 2 aromatic carbocycles. The monoisotopic (exact) mass is 371 g/mol. The Morgan fingerprint density at radius 2 is 1.50 bits per heavy atom. The van der Waals surface area contributed by atoms with Gasteiger partial charge in [0.2, 0.25) is 5.95 Å². The number of aromatic nitrogens is 2. The van der Waals surface area contributed by atoms with Crippen LogP contribution in [0.4, 0.5) is 17.5 Å². The first-order chi connectivity index (χ1) is 13.8. The molecule has 0 radical (unpaired) electrons. The minimum Gasteiger partial charge on any atom is -0.368 e. The largest absolute Gasteiger partial charge is 0.368 e. The molecule has 1 fully saturated rings. The van der Waals surface area contributed by atoms with Gasteiger partial charge in [-0.3, -0.25) is 0 Å². The second kappa shape index (κ2) is 8.57. The topological polar surface area (TPSA) is 44.3 Å². The highest BCUT2D eigenvalue weighted by atomic mass is 15.3. The van der Waals surface area contributed by atoms with E-state index in [1.165, 1.54) is 5.69 Å². The molecule has 0 aliphatic carbocycles. The lowest BCUT2D eigenvalue weighted by atomic mass is 10.1. The third kappa shape index (κ3) is 4.14. The van der Waals surface area contributed by atoms with Crippen LogP contribution in [0.25, 0.3) is 11.3 Å². The van der Waals surface area contributed by atoms with Gasteiger partial charge in [-0.05, 0) is 12.1 Å². The van der Waals surface area contributed by atoms with Gasteiger partial charge in [-0.15, -0.1) is 6.58 Å². The molecule has 4 rings (SSSR count). The van der Waals surface area contributed by atoms with Gasteiger partial charge in [0.25, 0.3) is 0 Å². The van der Waals surface area contributed by atoms with E-state index in [9.17, 15) is 0 Å². The number of hydrogen-bond acceptors (Lipinski definition) is 5. The molecule has 0 unspecified atom stereocenters. The van der Waals surface area contributed by atoms with Crippen molar-refractivity contribution in [1.82, 2.24) is 9.97 Å². The van der Waals surface area contributed by atoms with Gasteiger partial charge in [0.15, 0.2) is 0 Å². The van der Waals surface area contributed by atoms with Crippen LogP contribution in [0.2, 0.25) is 0 Å². The predicted octanol–water partition coefficient (Wildman–Crippen LogP) is 4.07. The van der Waals surface area contributed by atoms with Crippen LogP contribution in [0.15, 0.2) is 79.4 Å². The van der Waals surface area contributed by atoms with Gasteiger partial charge in [0.1, 0.15) is 5.82 Å². The maximum atomic E-state index is 4.86. The summed E-state index contributed by atoms with van der Waals surface area (Å²) in [5, 5.41) is 3.31. The summed E-state index contributed by atoms with van der Waals surface area (Å²) in [6.07, 6.45) is 1.84. The summed E-state index contributed by atoms with van der Waals surface area (Å²) in [5.41, 5.74) is 3.30. The number of anilines is 3. The van der Waals surface area contributed by atoms with Crippen LogP contribution in [0.3, 0.4) is 0 Å². The first kappa shape index (κ1) is 18.0. The predicted molar refractivity (Wildman–Crippen MR) is 117 cm³/mol. The maximum Gasteiger partial charge on any atom is 0.227 e. The Balaban J connectivity index is 1.56. The zero-order valence-corrected chi connectivity index (χ0v) is 16.0. The third-order valence-corrected chi connectivity index (χ3v) is 4.90. The van der Waals surface area contributed by atoms with Crippen molar-refractivity contribution in [3.05, 3.63) is 79.4 Å². The second-order valence-electron chi connectivity index (χ2n) is 6.78. The van der Waals surface area contributed by atoms with Gasteiger partial charge in [0, 0.05) is 50.0 Å². The van der Waals surface area contributed by atoms with Crippen LogP contribution in [0.5, 0.6) is 0 Å². The lowest BCUT2D eigenvalue weighted by molar-refractivity contribution is 0.640. The Labute approximate surface area is 166 Å². The fraction of sp³-hybridized carbons (Fsp3) is 0.217. The van der Waals surface area contributed by atoms with Crippen LogP contribution >= 0.6 is 0 Å². The van der Waals surface area contributed by atoms with Crippen molar-refractivity contribution in [3.8, 4) is 11.3 Å². The number of hydrogen-bond donors (Lipinski definition) is 1. The summed E-state index contributed by atoms with van der Waals surface area (Å²) < 4.78 is 0. The van der Waals surface area contributed by atoms with Crippen LogP contribution in [0.1, 0.15) is 0 Å². The Kier molecular flexibility index (Phi) is 5.52. The van der Waals surface area contributed by atoms with Crippen LogP contribution < -0.4 is 15.1 Å². The highest BCUT2D eigenvalue weighted by Gasteiger charge is 2.20. The molecular weight excluding hydrogens is 346 g/mol. The smallest absolute Gasteiger partial charge is 0.227 e. The second-order valence-corrected chi connectivity index (χ2v) is 6.78. The lowest BCUT2D eigenvalue weighted by Crippen LogP contribution is -2.47. The summed E-state index contributed by atoms with van der Waals surface area (Å²) >= 11 is 0. The average Bonchev–Trinajstić information content (AvgIpc) is 2.79. The van der Waals surface area contributed by atoms with Crippen molar-refractivity contribution in [2.24, 2.45) is 0 Å². The molecule has 142 valence electrons. The van der Waals surface area contributed by atoms with Crippen molar-refractivity contribution >= 4 is 17.5 Å². The molecule has 0 atom stereocenters. The van der Waals surface area contributed by atoms with Crippen LogP contribution in [-0.2, 0) is 0 Å². The fourth-order valence-electron chi connectivity index (χ4n) is 3.40. The first-order valence-electron chi connectivity index (χ1n) is 9.68. The Morgan fingerprint density at radius 1 is 0.857 bits per heavy atom. The highest BCUT2D eigenvalue weighted by molar-refractivity contribution is 5.64. The van der Waals surface area contributed by atoms with Crippen LogP contribution in [0, 0.1) is 0 Å². The number of benzene rings is 2. The highest BCUT2D eigenvalue weighted by Crippen LogP contribution is 2.24. The molecule has 1 N–H and O–H groups in total. The summed E-state index contributed by atoms with van der Waals surface area (Å²) in [5.74, 6) is 1.61. The van der Waals surface area contributed by atoms with E-state index in [-0.39, 0.29) is 0 Å². The molecular formula is C23H25N5. The first-order valence-corrected chi connectivity index (χ1v) is 9.68. The summed E-state index contributed by atoms with van der Waals surface area (Å²) in [4.78, 5) is 14.3. The molecule has 0 amide bonds. The van der Waals surface area contributed by atoms with E-state index in [2.05, 4.69) is 64.2 Å². The average molecular weight is 371 g/mol.